The zero-order chi connectivity index (χ0) is 11.0. The van der Waals surface area contributed by atoms with E-state index in [-0.39, 0.29) is 11.4 Å². The highest BCUT2D eigenvalue weighted by molar-refractivity contribution is 7.81. The number of carboxylic acid groups (broad SMARTS) is 1. The van der Waals surface area contributed by atoms with Crippen molar-refractivity contribution in [2.24, 2.45) is 0 Å². The van der Waals surface area contributed by atoms with E-state index in [1.165, 1.54) is 18.2 Å². The van der Waals surface area contributed by atoms with Crippen molar-refractivity contribution in [2.75, 3.05) is 0 Å². The summed E-state index contributed by atoms with van der Waals surface area (Å²) in [7, 11) is 0. The largest absolute Gasteiger partial charge is 0.480 e. The second kappa shape index (κ2) is 3.54. The molecule has 1 heterocycles. The topological polar surface area (TPSA) is 63.3 Å². The second-order valence-electron chi connectivity index (χ2n) is 2.90. The summed E-state index contributed by atoms with van der Waals surface area (Å²) in [5.41, 5.74) is 0.622. The number of benzene rings is 1. The van der Waals surface area contributed by atoms with Gasteiger partial charge in [-0.15, -0.1) is 0 Å². The number of carboxylic acids is 1. The first-order valence-electron chi connectivity index (χ1n) is 4.05. The van der Waals surface area contributed by atoms with Gasteiger partial charge in [0.15, 0.2) is 10.8 Å². The highest BCUT2D eigenvalue weighted by atomic mass is 32.1. The second-order valence-corrected chi connectivity index (χ2v) is 3.42. The molecule has 0 radical (unpaired) electrons. The highest BCUT2D eigenvalue weighted by Crippen LogP contribution is 2.24. The van der Waals surface area contributed by atoms with Crippen molar-refractivity contribution in [3.8, 4) is 0 Å². The molecule has 0 spiro atoms. The van der Waals surface area contributed by atoms with Crippen molar-refractivity contribution >= 4 is 29.7 Å². The van der Waals surface area contributed by atoms with Crippen molar-refractivity contribution in [3.05, 3.63) is 29.9 Å². The number of nitrogens with zero attached hydrogens (tertiary/aromatic N) is 1. The van der Waals surface area contributed by atoms with Crippen molar-refractivity contribution in [2.45, 2.75) is 5.25 Å². The third-order valence-electron chi connectivity index (χ3n) is 1.83. The number of rotatable bonds is 2. The number of carbonyl (C=O) groups is 1. The van der Waals surface area contributed by atoms with E-state index in [0.717, 1.165) is 0 Å². The molecule has 2 aromatic rings. The van der Waals surface area contributed by atoms with E-state index < -0.39 is 17.0 Å². The number of fused-ring (bicyclic) bond motifs is 1. The first-order valence-corrected chi connectivity index (χ1v) is 4.56. The third-order valence-corrected chi connectivity index (χ3v) is 2.28. The van der Waals surface area contributed by atoms with Gasteiger partial charge in [0.25, 0.3) is 0 Å². The highest BCUT2D eigenvalue weighted by Gasteiger charge is 2.21. The van der Waals surface area contributed by atoms with Crippen LogP contribution in [-0.2, 0) is 4.79 Å². The Morgan fingerprint density at radius 1 is 1.60 bits per heavy atom. The van der Waals surface area contributed by atoms with E-state index in [0.29, 0.717) is 5.58 Å². The molecule has 1 unspecified atom stereocenters. The minimum Gasteiger partial charge on any atom is -0.480 e. The first kappa shape index (κ1) is 9.97. The molecule has 78 valence electrons. The van der Waals surface area contributed by atoms with Crippen LogP contribution in [0.25, 0.3) is 11.1 Å². The number of aromatic nitrogens is 1. The summed E-state index contributed by atoms with van der Waals surface area (Å²) < 4.78 is 17.9. The third kappa shape index (κ3) is 1.80. The average Bonchev–Trinajstić information content (AvgIpc) is 2.58. The van der Waals surface area contributed by atoms with Gasteiger partial charge in [0.2, 0.25) is 5.89 Å². The summed E-state index contributed by atoms with van der Waals surface area (Å²) in [4.78, 5) is 14.4. The lowest BCUT2D eigenvalue weighted by Gasteiger charge is -1.96. The minimum absolute atomic E-state index is 0.0496. The first-order chi connectivity index (χ1) is 7.08. The normalized spacial score (nSPS) is 12.9. The van der Waals surface area contributed by atoms with Crippen molar-refractivity contribution in [1.29, 1.82) is 0 Å². The summed E-state index contributed by atoms with van der Waals surface area (Å²) in [6, 6.07) is 3.78. The van der Waals surface area contributed by atoms with Crippen molar-refractivity contribution in [1.82, 2.24) is 4.98 Å². The predicted molar refractivity (Wildman–Crippen MR) is 53.3 cm³/mol. The molecule has 0 fully saturated rings. The number of halogens is 1. The lowest BCUT2D eigenvalue weighted by Crippen LogP contribution is -2.04. The number of oxazole rings is 1. The summed E-state index contributed by atoms with van der Waals surface area (Å²) in [6.45, 7) is 0. The molecular weight excluding hydrogens is 221 g/mol. The van der Waals surface area contributed by atoms with Crippen LogP contribution in [0.1, 0.15) is 11.1 Å². The summed E-state index contributed by atoms with van der Waals surface area (Å²) in [5, 5.41) is 7.53. The standard InChI is InChI=1S/C9H6FNO3S/c10-4-1-2-6-5(3-4)11-8(14-6)7(15)9(12)13/h1-3,7,15H,(H,12,13). The number of hydrogen-bond donors (Lipinski definition) is 2. The van der Waals surface area contributed by atoms with Crippen LogP contribution in [0, 0.1) is 5.82 Å². The maximum Gasteiger partial charge on any atom is 0.325 e. The summed E-state index contributed by atoms with van der Waals surface area (Å²) in [6.07, 6.45) is 0. The monoisotopic (exact) mass is 227 g/mol. The lowest BCUT2D eigenvalue weighted by molar-refractivity contribution is -0.136. The molecule has 1 N–H and O–H groups in total. The number of thiol groups is 1. The summed E-state index contributed by atoms with van der Waals surface area (Å²) in [5.74, 6) is -1.66. The zero-order valence-corrected chi connectivity index (χ0v) is 8.24. The molecule has 0 aliphatic heterocycles. The quantitative estimate of drug-likeness (QED) is 0.770. The van der Waals surface area contributed by atoms with Gasteiger partial charge in [-0.3, -0.25) is 4.79 Å². The van der Waals surface area contributed by atoms with Gasteiger partial charge in [-0.2, -0.15) is 12.6 Å². The molecule has 0 amide bonds. The molecular formula is C9H6FNO3S. The molecule has 1 aromatic carbocycles. The Balaban J connectivity index is 2.51. The van der Waals surface area contributed by atoms with Crippen LogP contribution in [0.4, 0.5) is 4.39 Å². The van der Waals surface area contributed by atoms with Gasteiger partial charge >= 0.3 is 5.97 Å². The van der Waals surface area contributed by atoms with Crippen molar-refractivity contribution in [3.63, 3.8) is 0 Å². The Morgan fingerprint density at radius 2 is 2.33 bits per heavy atom. The van der Waals surface area contributed by atoms with Crippen LogP contribution in [0.3, 0.4) is 0 Å². The molecule has 15 heavy (non-hydrogen) atoms. The molecule has 1 atom stereocenters. The summed E-state index contributed by atoms with van der Waals surface area (Å²) >= 11 is 3.80. The van der Waals surface area contributed by atoms with E-state index in [2.05, 4.69) is 17.6 Å². The molecule has 6 heteroatoms. The maximum absolute atomic E-state index is 12.8. The van der Waals surface area contributed by atoms with Gasteiger partial charge in [0, 0.05) is 6.07 Å². The van der Waals surface area contributed by atoms with Crippen LogP contribution in [0.5, 0.6) is 0 Å². The van der Waals surface area contributed by atoms with E-state index >= 15 is 0 Å². The smallest absolute Gasteiger partial charge is 0.325 e. The van der Waals surface area contributed by atoms with Crippen LogP contribution in [0.2, 0.25) is 0 Å². The van der Waals surface area contributed by atoms with E-state index in [4.69, 9.17) is 9.52 Å². The maximum atomic E-state index is 12.8. The molecule has 0 saturated heterocycles. The SMILES string of the molecule is O=C(O)C(S)c1nc2cc(F)ccc2o1. The number of aliphatic carboxylic acids is 1. The van der Waals surface area contributed by atoms with E-state index in [1.54, 1.807) is 0 Å². The predicted octanol–water partition coefficient (Wildman–Crippen LogP) is 2.02. The Kier molecular flexibility index (Phi) is 2.36. The van der Waals surface area contributed by atoms with Crippen LogP contribution in [-0.4, -0.2) is 16.1 Å². The van der Waals surface area contributed by atoms with Gasteiger partial charge in [-0.25, -0.2) is 9.37 Å². The van der Waals surface area contributed by atoms with Gasteiger partial charge in [0.05, 0.1) is 0 Å². The molecule has 4 nitrogen and oxygen atoms in total. The zero-order valence-electron chi connectivity index (χ0n) is 7.35. The molecule has 0 aliphatic carbocycles. The molecule has 0 bridgehead atoms. The molecule has 2 rings (SSSR count). The van der Waals surface area contributed by atoms with Gasteiger partial charge in [-0.1, -0.05) is 0 Å². The minimum atomic E-state index is -1.16. The van der Waals surface area contributed by atoms with Crippen LogP contribution >= 0.6 is 12.6 Å². The fourth-order valence-corrected chi connectivity index (χ4v) is 1.25. The number of hydrogen-bond acceptors (Lipinski definition) is 4. The molecule has 1 aromatic heterocycles. The Hall–Kier alpha value is -1.56. The van der Waals surface area contributed by atoms with Crippen LogP contribution in [0.15, 0.2) is 22.6 Å². The Morgan fingerprint density at radius 3 is 3.00 bits per heavy atom. The van der Waals surface area contributed by atoms with Crippen molar-refractivity contribution < 1.29 is 18.7 Å². The van der Waals surface area contributed by atoms with Crippen LogP contribution < -0.4 is 0 Å². The fraction of sp³-hybridized carbons (Fsp3) is 0.111. The Bertz CT molecular complexity index is 525. The van der Waals surface area contributed by atoms with Gasteiger partial charge < -0.3 is 9.52 Å². The Labute approximate surface area is 89.1 Å². The van der Waals surface area contributed by atoms with E-state index in [9.17, 15) is 9.18 Å². The average molecular weight is 227 g/mol. The fourth-order valence-electron chi connectivity index (χ4n) is 1.14. The molecule has 0 aliphatic rings. The molecule has 0 saturated carbocycles. The van der Waals surface area contributed by atoms with E-state index in [1.807, 2.05) is 0 Å². The van der Waals surface area contributed by atoms with Gasteiger partial charge in [0.1, 0.15) is 11.3 Å². The lowest BCUT2D eigenvalue weighted by atomic mass is 10.3. The van der Waals surface area contributed by atoms with Gasteiger partial charge in [-0.05, 0) is 12.1 Å².